The Morgan fingerprint density at radius 1 is 1.50 bits per heavy atom. The molecule has 1 aromatic rings. The Hall–Kier alpha value is -0.890. The van der Waals surface area contributed by atoms with Gasteiger partial charge in [-0.25, -0.2) is 0 Å². The van der Waals surface area contributed by atoms with Crippen LogP contribution < -0.4 is 0 Å². The van der Waals surface area contributed by atoms with Crippen molar-refractivity contribution in [3.05, 3.63) is 29.6 Å². The van der Waals surface area contributed by atoms with Gasteiger partial charge in [0.05, 0.1) is 6.10 Å². The molecule has 0 spiro atoms. The number of hydrogen-bond donors (Lipinski definition) is 1. The first-order valence-corrected chi connectivity index (χ1v) is 3.47. The molecule has 1 aliphatic carbocycles. The molecule has 1 atom stereocenters. The summed E-state index contributed by atoms with van der Waals surface area (Å²) in [6.45, 7) is 0. The molecule has 0 saturated carbocycles. The molecule has 1 aromatic heterocycles. The maximum Gasteiger partial charge on any atom is 0.0636 e. The van der Waals surface area contributed by atoms with E-state index in [1.807, 2.05) is 12.1 Å². The molecule has 0 aliphatic heterocycles. The van der Waals surface area contributed by atoms with E-state index in [2.05, 4.69) is 4.98 Å². The number of hydrogen-bond acceptors (Lipinski definition) is 2. The molecule has 1 aliphatic rings. The molecule has 2 heteroatoms. The minimum absolute atomic E-state index is 0.190. The summed E-state index contributed by atoms with van der Waals surface area (Å²) >= 11 is 0. The molecule has 10 heavy (non-hydrogen) atoms. The van der Waals surface area contributed by atoms with Crippen LogP contribution in [0.4, 0.5) is 0 Å². The zero-order chi connectivity index (χ0) is 6.97. The minimum Gasteiger partial charge on any atom is -0.392 e. The third-order valence-corrected chi connectivity index (χ3v) is 1.87. The molecule has 1 heterocycles. The van der Waals surface area contributed by atoms with Crippen molar-refractivity contribution in [1.29, 1.82) is 0 Å². The van der Waals surface area contributed by atoms with Crippen molar-refractivity contribution >= 4 is 0 Å². The van der Waals surface area contributed by atoms with Gasteiger partial charge >= 0.3 is 0 Å². The van der Waals surface area contributed by atoms with E-state index in [4.69, 9.17) is 0 Å². The number of aliphatic hydroxyl groups excluding tert-OH is 1. The molecule has 1 N–H and O–H groups in total. The fraction of sp³-hybridized carbons (Fsp3) is 0.375. The molecule has 2 nitrogen and oxygen atoms in total. The molecule has 52 valence electrons. The fourth-order valence-corrected chi connectivity index (χ4v) is 1.39. The van der Waals surface area contributed by atoms with Crippen LogP contribution in [0.1, 0.15) is 11.3 Å². The maximum absolute atomic E-state index is 9.21. The predicted octanol–water partition coefficient (Wildman–Crippen LogP) is 0.541. The SMILES string of the molecule is OC1Cc2cccnc2C1. The molecule has 0 fully saturated rings. The molecule has 0 bridgehead atoms. The molecule has 0 saturated heterocycles. The maximum atomic E-state index is 9.21. The van der Waals surface area contributed by atoms with Crippen molar-refractivity contribution < 1.29 is 5.11 Å². The fourth-order valence-electron chi connectivity index (χ4n) is 1.39. The Balaban J connectivity index is 2.42. The van der Waals surface area contributed by atoms with Gasteiger partial charge in [0.1, 0.15) is 0 Å². The summed E-state index contributed by atoms with van der Waals surface area (Å²) in [7, 11) is 0. The van der Waals surface area contributed by atoms with Crippen molar-refractivity contribution in [1.82, 2.24) is 4.98 Å². The van der Waals surface area contributed by atoms with Crippen LogP contribution in [0.25, 0.3) is 0 Å². The van der Waals surface area contributed by atoms with E-state index in [9.17, 15) is 5.11 Å². The number of rotatable bonds is 0. The third kappa shape index (κ3) is 0.809. The lowest BCUT2D eigenvalue weighted by atomic mass is 10.2. The molecular weight excluding hydrogens is 126 g/mol. The standard InChI is InChI=1S/C8H9NO/c10-7-4-6-2-1-3-9-8(6)5-7/h1-3,7,10H,4-5H2. The second-order valence-electron chi connectivity index (χ2n) is 2.67. The highest BCUT2D eigenvalue weighted by molar-refractivity contribution is 5.25. The number of aliphatic hydroxyl groups is 1. The van der Waals surface area contributed by atoms with Crippen LogP contribution in [0.5, 0.6) is 0 Å². The van der Waals surface area contributed by atoms with Crippen LogP contribution in [-0.4, -0.2) is 16.2 Å². The first kappa shape index (κ1) is 5.86. The topological polar surface area (TPSA) is 33.1 Å². The summed E-state index contributed by atoms with van der Waals surface area (Å²) in [6.07, 6.45) is 3.10. The number of nitrogens with zero attached hydrogens (tertiary/aromatic N) is 1. The van der Waals surface area contributed by atoms with Crippen molar-refractivity contribution in [3.63, 3.8) is 0 Å². The van der Waals surface area contributed by atoms with Crippen LogP contribution in [0.15, 0.2) is 18.3 Å². The van der Waals surface area contributed by atoms with Gasteiger partial charge in [-0.3, -0.25) is 4.98 Å². The van der Waals surface area contributed by atoms with E-state index in [1.165, 1.54) is 5.56 Å². The number of aromatic nitrogens is 1. The highest BCUT2D eigenvalue weighted by Crippen LogP contribution is 2.18. The minimum atomic E-state index is -0.190. The van der Waals surface area contributed by atoms with Crippen LogP contribution in [0.3, 0.4) is 0 Å². The van der Waals surface area contributed by atoms with Gasteiger partial charge in [-0.15, -0.1) is 0 Å². The van der Waals surface area contributed by atoms with E-state index in [0.717, 1.165) is 18.5 Å². The summed E-state index contributed by atoms with van der Waals surface area (Å²) in [6, 6.07) is 3.94. The van der Waals surface area contributed by atoms with Crippen LogP contribution in [0.2, 0.25) is 0 Å². The second-order valence-corrected chi connectivity index (χ2v) is 2.67. The zero-order valence-corrected chi connectivity index (χ0v) is 5.62. The van der Waals surface area contributed by atoms with E-state index >= 15 is 0 Å². The smallest absolute Gasteiger partial charge is 0.0636 e. The van der Waals surface area contributed by atoms with Gasteiger partial charge in [0, 0.05) is 24.7 Å². The lowest BCUT2D eigenvalue weighted by Gasteiger charge is -1.92. The van der Waals surface area contributed by atoms with Crippen LogP contribution >= 0.6 is 0 Å². The molecule has 0 aromatic carbocycles. The van der Waals surface area contributed by atoms with Crippen molar-refractivity contribution in [2.45, 2.75) is 18.9 Å². The van der Waals surface area contributed by atoms with Gasteiger partial charge in [0.25, 0.3) is 0 Å². The summed E-state index contributed by atoms with van der Waals surface area (Å²) in [4.78, 5) is 4.15. The molecule has 1 unspecified atom stereocenters. The average molecular weight is 135 g/mol. The third-order valence-electron chi connectivity index (χ3n) is 1.87. The monoisotopic (exact) mass is 135 g/mol. The van der Waals surface area contributed by atoms with E-state index in [-0.39, 0.29) is 6.10 Å². The summed E-state index contributed by atoms with van der Waals surface area (Å²) in [5.41, 5.74) is 2.27. The Kier molecular flexibility index (Phi) is 1.21. The quantitative estimate of drug-likeness (QED) is 0.563. The van der Waals surface area contributed by atoms with Gasteiger partial charge in [-0.2, -0.15) is 0 Å². The van der Waals surface area contributed by atoms with E-state index in [1.54, 1.807) is 6.20 Å². The van der Waals surface area contributed by atoms with Gasteiger partial charge < -0.3 is 5.11 Å². The highest BCUT2D eigenvalue weighted by atomic mass is 16.3. The second kappa shape index (κ2) is 2.06. The van der Waals surface area contributed by atoms with Crippen molar-refractivity contribution in [2.75, 3.05) is 0 Å². The average Bonchev–Trinajstić information content (AvgIpc) is 2.27. The first-order valence-electron chi connectivity index (χ1n) is 3.47. The lowest BCUT2D eigenvalue weighted by molar-refractivity contribution is 0.186. The number of fused-ring (bicyclic) bond motifs is 1. The van der Waals surface area contributed by atoms with Crippen molar-refractivity contribution in [3.8, 4) is 0 Å². The predicted molar refractivity (Wildman–Crippen MR) is 37.7 cm³/mol. The largest absolute Gasteiger partial charge is 0.392 e. The summed E-state index contributed by atoms with van der Waals surface area (Å²) in [5, 5.41) is 9.21. The Morgan fingerprint density at radius 3 is 3.20 bits per heavy atom. The Morgan fingerprint density at radius 2 is 2.40 bits per heavy atom. The van der Waals surface area contributed by atoms with Gasteiger partial charge in [-0.1, -0.05) is 6.07 Å². The zero-order valence-electron chi connectivity index (χ0n) is 5.62. The van der Waals surface area contributed by atoms with Crippen LogP contribution in [0, 0.1) is 0 Å². The number of pyridine rings is 1. The van der Waals surface area contributed by atoms with E-state index in [0.29, 0.717) is 0 Å². The van der Waals surface area contributed by atoms with E-state index < -0.39 is 0 Å². The molecular formula is C8H9NO. The lowest BCUT2D eigenvalue weighted by Crippen LogP contribution is -2.03. The van der Waals surface area contributed by atoms with Gasteiger partial charge in [-0.05, 0) is 11.6 Å². The molecule has 2 rings (SSSR count). The first-order chi connectivity index (χ1) is 4.86. The Bertz CT molecular complexity index is 222. The highest BCUT2D eigenvalue weighted by Gasteiger charge is 2.18. The van der Waals surface area contributed by atoms with Crippen molar-refractivity contribution in [2.24, 2.45) is 0 Å². The normalized spacial score (nSPS) is 22.7. The summed E-state index contributed by atoms with van der Waals surface area (Å²) < 4.78 is 0. The summed E-state index contributed by atoms with van der Waals surface area (Å²) in [5.74, 6) is 0. The van der Waals surface area contributed by atoms with Crippen LogP contribution in [-0.2, 0) is 12.8 Å². The Labute approximate surface area is 59.5 Å². The molecule has 0 amide bonds. The van der Waals surface area contributed by atoms with Gasteiger partial charge in [0.15, 0.2) is 0 Å². The molecule has 0 radical (unpaired) electrons. The van der Waals surface area contributed by atoms with Gasteiger partial charge in [0.2, 0.25) is 0 Å².